The lowest BCUT2D eigenvalue weighted by Crippen LogP contribution is -2.58. The molecule has 0 N–H and O–H groups in total. The highest BCUT2D eigenvalue weighted by Gasteiger charge is 2.72. The molecule has 270 valence electrons. The first-order valence-electron chi connectivity index (χ1n) is 15.7. The van der Waals surface area contributed by atoms with Gasteiger partial charge in [-0.25, -0.2) is 4.79 Å². The molecule has 14 nitrogen and oxygen atoms in total. The number of hydrogen-bond donors (Lipinski definition) is 0. The van der Waals surface area contributed by atoms with Crippen molar-refractivity contribution in [2.75, 3.05) is 0 Å². The minimum absolute atomic E-state index is 0.104. The summed E-state index contributed by atoms with van der Waals surface area (Å²) in [5.74, 6) is -10.1. The molecule has 1 saturated carbocycles. The normalized spacial score (nSPS) is 32.3. The standard InChI is InChI=1S/C35H46O14/c1-13-17(2)32(43)47-28-27(45-21(6)37)19(4)26(44-20(5)36)25-31(46-22(7)38)34(12,48-23(8)39)16-35(25,49-24(9)40)29(41)18(3)14-15-33(10,11)30(28)42/h13-15,18,25-28,31H,4,16H2,1-3,5-12H3/b15-14+,17-13-/t18-,25-,26-,27-,28-,31+,34+,35+/m0/s1. The number of ketones is 2. The van der Waals surface area contributed by atoms with Crippen LogP contribution >= 0.6 is 0 Å². The smallest absolute Gasteiger partial charge is 0.334 e. The third-order valence-corrected chi connectivity index (χ3v) is 8.51. The lowest BCUT2D eigenvalue weighted by Gasteiger charge is -2.42. The Morgan fingerprint density at radius 1 is 0.735 bits per heavy atom. The van der Waals surface area contributed by atoms with Gasteiger partial charge < -0.3 is 28.4 Å². The Labute approximate surface area is 285 Å². The fourth-order valence-electron chi connectivity index (χ4n) is 6.35. The van der Waals surface area contributed by atoms with Crippen molar-refractivity contribution in [1.29, 1.82) is 0 Å². The Balaban J connectivity index is 3.23. The van der Waals surface area contributed by atoms with Crippen molar-refractivity contribution in [3.63, 3.8) is 0 Å². The second kappa shape index (κ2) is 15.3. The Hall–Kier alpha value is -4.62. The lowest BCUT2D eigenvalue weighted by molar-refractivity contribution is -0.191. The van der Waals surface area contributed by atoms with Gasteiger partial charge in [0.2, 0.25) is 6.10 Å². The molecule has 0 radical (unpaired) electrons. The Kier molecular flexibility index (Phi) is 12.7. The molecular weight excluding hydrogens is 644 g/mol. The maximum Gasteiger partial charge on any atom is 0.334 e. The highest BCUT2D eigenvalue weighted by molar-refractivity contribution is 5.97. The molecule has 0 aromatic rings. The van der Waals surface area contributed by atoms with Crippen LogP contribution in [-0.2, 0) is 66.8 Å². The number of esters is 6. The second-order valence-electron chi connectivity index (χ2n) is 13.2. The first-order valence-corrected chi connectivity index (χ1v) is 15.7. The molecule has 0 saturated heterocycles. The summed E-state index contributed by atoms with van der Waals surface area (Å²) in [5, 5.41) is 0. The van der Waals surface area contributed by atoms with Crippen LogP contribution in [0.2, 0.25) is 0 Å². The van der Waals surface area contributed by atoms with Gasteiger partial charge in [0.1, 0.15) is 6.10 Å². The largest absolute Gasteiger partial charge is 0.458 e. The van der Waals surface area contributed by atoms with Crippen molar-refractivity contribution >= 4 is 47.4 Å². The van der Waals surface area contributed by atoms with Crippen molar-refractivity contribution in [3.05, 3.63) is 36.0 Å². The van der Waals surface area contributed by atoms with E-state index in [1.54, 1.807) is 6.92 Å². The zero-order valence-corrected chi connectivity index (χ0v) is 29.8. The van der Waals surface area contributed by atoms with Gasteiger partial charge in [0.25, 0.3) is 0 Å². The van der Waals surface area contributed by atoms with Crippen molar-refractivity contribution in [3.8, 4) is 0 Å². The zero-order chi connectivity index (χ0) is 37.8. The van der Waals surface area contributed by atoms with Gasteiger partial charge in [0.05, 0.1) is 5.92 Å². The first kappa shape index (κ1) is 40.6. The van der Waals surface area contributed by atoms with E-state index in [1.165, 1.54) is 52.8 Å². The molecule has 2 rings (SSSR count). The van der Waals surface area contributed by atoms with Crippen LogP contribution in [0.3, 0.4) is 0 Å². The highest BCUT2D eigenvalue weighted by Crippen LogP contribution is 2.54. The fraction of sp³-hybridized carbons (Fsp3) is 0.600. The Morgan fingerprint density at radius 3 is 1.71 bits per heavy atom. The topological polar surface area (TPSA) is 192 Å². The quantitative estimate of drug-likeness (QED) is 0.164. The highest BCUT2D eigenvalue weighted by atomic mass is 16.6. The van der Waals surface area contributed by atoms with Gasteiger partial charge in [-0.3, -0.25) is 33.6 Å². The summed E-state index contributed by atoms with van der Waals surface area (Å²) in [5.41, 5.74) is -6.04. The number of ether oxygens (including phenoxy) is 6. The molecule has 8 atom stereocenters. The van der Waals surface area contributed by atoms with E-state index in [4.69, 9.17) is 28.4 Å². The minimum Gasteiger partial charge on any atom is -0.458 e. The maximum atomic E-state index is 14.7. The van der Waals surface area contributed by atoms with Crippen LogP contribution in [0.25, 0.3) is 0 Å². The predicted octanol–water partition coefficient (Wildman–Crippen LogP) is 3.23. The summed E-state index contributed by atoms with van der Waals surface area (Å²) in [7, 11) is 0. The molecule has 0 aliphatic heterocycles. The van der Waals surface area contributed by atoms with E-state index in [2.05, 4.69) is 6.58 Å². The van der Waals surface area contributed by atoms with Crippen LogP contribution in [-0.4, -0.2) is 83.0 Å². The van der Waals surface area contributed by atoms with Gasteiger partial charge >= 0.3 is 35.8 Å². The van der Waals surface area contributed by atoms with E-state index in [-0.39, 0.29) is 5.57 Å². The van der Waals surface area contributed by atoms with E-state index >= 15 is 0 Å². The predicted molar refractivity (Wildman–Crippen MR) is 170 cm³/mol. The summed E-state index contributed by atoms with van der Waals surface area (Å²) in [6.07, 6.45) is -3.71. The molecule has 2 aliphatic carbocycles. The Bertz CT molecular complexity index is 1480. The van der Waals surface area contributed by atoms with Gasteiger partial charge in [-0.2, -0.15) is 0 Å². The average molecular weight is 691 g/mol. The molecule has 49 heavy (non-hydrogen) atoms. The van der Waals surface area contributed by atoms with Crippen molar-refractivity contribution in [2.24, 2.45) is 17.3 Å². The lowest BCUT2D eigenvalue weighted by atomic mass is 9.72. The number of hydrogen-bond acceptors (Lipinski definition) is 14. The van der Waals surface area contributed by atoms with Crippen LogP contribution < -0.4 is 0 Å². The SMILES string of the molecule is C=C1[C@H](OC(C)=O)[C@H]2[C@@H](OC(C)=O)[C@](C)(OC(C)=O)C[C@]2(OC(C)=O)C(=O)[C@@H](C)/C=C/C(C)(C)C(=O)[C@@H](OC(=O)/C(C)=C\C)[C@H]1OC(C)=O. The number of fused-ring (bicyclic) bond motifs is 1. The molecule has 0 spiro atoms. The van der Waals surface area contributed by atoms with Crippen molar-refractivity contribution in [1.82, 2.24) is 0 Å². The van der Waals surface area contributed by atoms with E-state index in [1.807, 2.05) is 0 Å². The van der Waals surface area contributed by atoms with E-state index in [0.29, 0.717) is 0 Å². The molecule has 0 heterocycles. The maximum absolute atomic E-state index is 14.7. The van der Waals surface area contributed by atoms with Gasteiger partial charge in [0.15, 0.2) is 35.0 Å². The van der Waals surface area contributed by atoms with Gasteiger partial charge in [-0.1, -0.05) is 31.7 Å². The van der Waals surface area contributed by atoms with Crippen LogP contribution in [0.15, 0.2) is 36.0 Å². The number of Topliss-reactive ketones (excluding diaryl/α,β-unsaturated/α-hetero) is 2. The molecule has 1 fully saturated rings. The molecular formula is C35H46O14. The van der Waals surface area contributed by atoms with Crippen LogP contribution in [0, 0.1) is 17.3 Å². The number of rotatable bonds is 7. The van der Waals surface area contributed by atoms with Crippen LogP contribution in [0.1, 0.15) is 82.6 Å². The molecule has 0 aromatic carbocycles. The Morgan fingerprint density at radius 2 is 1.24 bits per heavy atom. The van der Waals surface area contributed by atoms with Crippen LogP contribution in [0.5, 0.6) is 0 Å². The van der Waals surface area contributed by atoms with Crippen molar-refractivity contribution in [2.45, 2.75) is 118 Å². The summed E-state index contributed by atoms with van der Waals surface area (Å²) in [6.45, 7) is 17.9. The molecule has 0 bridgehead atoms. The third-order valence-electron chi connectivity index (χ3n) is 8.51. The summed E-state index contributed by atoms with van der Waals surface area (Å²) >= 11 is 0. The van der Waals surface area contributed by atoms with Gasteiger partial charge in [-0.15, -0.1) is 0 Å². The van der Waals surface area contributed by atoms with Gasteiger partial charge in [-0.05, 0) is 34.6 Å². The molecule has 0 amide bonds. The average Bonchev–Trinajstić information content (AvgIpc) is 3.19. The van der Waals surface area contributed by atoms with Crippen molar-refractivity contribution < 1.29 is 66.8 Å². The zero-order valence-electron chi connectivity index (χ0n) is 29.8. The summed E-state index contributed by atoms with van der Waals surface area (Å²) < 4.78 is 34.3. The minimum atomic E-state index is -2.36. The van der Waals surface area contributed by atoms with E-state index in [9.17, 15) is 38.4 Å². The third kappa shape index (κ3) is 8.90. The van der Waals surface area contributed by atoms with E-state index in [0.717, 1.165) is 34.6 Å². The second-order valence-corrected chi connectivity index (χ2v) is 13.2. The molecule has 0 aromatic heterocycles. The fourth-order valence-corrected chi connectivity index (χ4v) is 6.35. The van der Waals surface area contributed by atoms with Gasteiger partial charge in [0, 0.05) is 63.5 Å². The molecule has 14 heteroatoms. The summed E-state index contributed by atoms with van der Waals surface area (Å²) in [6, 6.07) is 0. The monoisotopic (exact) mass is 690 g/mol. The number of carbonyl (C=O) groups is 8. The van der Waals surface area contributed by atoms with Crippen LogP contribution in [0.4, 0.5) is 0 Å². The molecule has 0 unspecified atom stereocenters. The number of carbonyl (C=O) groups excluding carboxylic acids is 8. The van der Waals surface area contributed by atoms with E-state index < -0.39 is 112 Å². The first-order chi connectivity index (χ1) is 22.4. The summed E-state index contributed by atoms with van der Waals surface area (Å²) in [4.78, 5) is 106. The number of allylic oxidation sites excluding steroid dienone is 3. The molecule has 2 aliphatic rings.